The van der Waals surface area contributed by atoms with Crippen LogP contribution in [0.1, 0.15) is 47.9 Å². The van der Waals surface area contributed by atoms with Gasteiger partial charge in [-0.2, -0.15) is 0 Å². The summed E-state index contributed by atoms with van der Waals surface area (Å²) in [5.74, 6) is 0.120. The monoisotopic (exact) mass is 358 g/mol. The Balaban J connectivity index is 1.74. The number of hydrogen-bond acceptors (Lipinski definition) is 3. The van der Waals surface area contributed by atoms with E-state index < -0.39 is 0 Å². The summed E-state index contributed by atoms with van der Waals surface area (Å²) < 4.78 is 0. The lowest BCUT2D eigenvalue weighted by Crippen LogP contribution is -2.08. The first-order valence-electron chi connectivity index (χ1n) is 8.59. The molecule has 0 saturated carbocycles. The lowest BCUT2D eigenvalue weighted by Gasteiger charge is -2.11. The first-order chi connectivity index (χ1) is 12.6. The number of thioether (sulfide) groups is 1. The molecule has 2 atom stereocenters. The third kappa shape index (κ3) is 2.99. The highest BCUT2D eigenvalue weighted by atomic mass is 32.2. The van der Waals surface area contributed by atoms with Crippen LogP contribution in [0.5, 0.6) is 0 Å². The number of ketones is 2. The minimum Gasteiger partial charge on any atom is -0.293 e. The summed E-state index contributed by atoms with van der Waals surface area (Å²) in [7, 11) is 0. The molecule has 1 heterocycles. The predicted octanol–water partition coefficient (Wildman–Crippen LogP) is 5.59. The van der Waals surface area contributed by atoms with Crippen LogP contribution >= 0.6 is 11.8 Å². The van der Waals surface area contributed by atoms with Crippen LogP contribution < -0.4 is 0 Å². The second kappa shape index (κ2) is 6.93. The van der Waals surface area contributed by atoms with Gasteiger partial charge in [0.2, 0.25) is 0 Å². The second-order valence-corrected chi connectivity index (χ2v) is 7.70. The van der Waals surface area contributed by atoms with Crippen molar-refractivity contribution in [2.45, 2.75) is 17.4 Å². The Morgan fingerprint density at radius 1 is 0.692 bits per heavy atom. The Kier molecular flexibility index (Phi) is 4.48. The van der Waals surface area contributed by atoms with E-state index in [1.54, 1.807) is 0 Å². The molecule has 0 N–H and O–H groups in total. The molecule has 0 amide bonds. The molecule has 0 radical (unpaired) electrons. The van der Waals surface area contributed by atoms with Crippen LogP contribution in [0.25, 0.3) is 0 Å². The molecule has 0 aliphatic carbocycles. The van der Waals surface area contributed by atoms with E-state index in [2.05, 4.69) is 0 Å². The Hall–Kier alpha value is -2.65. The molecule has 0 bridgehead atoms. The van der Waals surface area contributed by atoms with Crippen molar-refractivity contribution in [1.82, 2.24) is 0 Å². The summed E-state index contributed by atoms with van der Waals surface area (Å²) in [5.41, 5.74) is 4.40. The van der Waals surface area contributed by atoms with Gasteiger partial charge in [-0.15, -0.1) is 11.8 Å². The normalized spacial score (nSPS) is 18.3. The van der Waals surface area contributed by atoms with Gasteiger partial charge in [0, 0.05) is 11.1 Å². The number of hydrogen-bond donors (Lipinski definition) is 0. The van der Waals surface area contributed by atoms with Crippen LogP contribution in [0.2, 0.25) is 0 Å². The van der Waals surface area contributed by atoms with Crippen molar-refractivity contribution in [1.29, 1.82) is 0 Å². The number of aryl methyl sites for hydroxylation is 1. The van der Waals surface area contributed by atoms with Crippen LogP contribution in [-0.4, -0.2) is 11.6 Å². The Bertz CT molecular complexity index is 964. The molecule has 26 heavy (non-hydrogen) atoms. The lowest BCUT2D eigenvalue weighted by molar-refractivity contribution is 0.0985. The van der Waals surface area contributed by atoms with Gasteiger partial charge < -0.3 is 0 Å². The molecule has 0 fully saturated rings. The Morgan fingerprint density at radius 2 is 1.19 bits per heavy atom. The minimum absolute atomic E-state index is 0.0593. The topological polar surface area (TPSA) is 34.1 Å². The van der Waals surface area contributed by atoms with E-state index >= 15 is 0 Å². The fraction of sp³-hybridized carbons (Fsp3) is 0.130. The van der Waals surface area contributed by atoms with Gasteiger partial charge in [-0.1, -0.05) is 84.4 Å². The van der Waals surface area contributed by atoms with Crippen molar-refractivity contribution in [2.75, 3.05) is 0 Å². The Labute approximate surface area is 157 Å². The first kappa shape index (κ1) is 16.8. The predicted molar refractivity (Wildman–Crippen MR) is 106 cm³/mol. The third-order valence-corrected chi connectivity index (χ3v) is 6.15. The number of benzene rings is 3. The van der Waals surface area contributed by atoms with E-state index in [0.717, 1.165) is 16.7 Å². The average molecular weight is 358 g/mol. The largest absolute Gasteiger partial charge is 0.293 e. The molecular weight excluding hydrogens is 340 g/mol. The van der Waals surface area contributed by atoms with Crippen molar-refractivity contribution in [3.8, 4) is 0 Å². The van der Waals surface area contributed by atoms with E-state index in [1.165, 1.54) is 11.8 Å². The quantitative estimate of drug-likeness (QED) is 0.570. The summed E-state index contributed by atoms with van der Waals surface area (Å²) in [5, 5.41) is -0.685. The van der Waals surface area contributed by atoms with Crippen LogP contribution in [0, 0.1) is 6.92 Å². The van der Waals surface area contributed by atoms with Crippen molar-refractivity contribution in [3.63, 3.8) is 0 Å². The molecule has 2 unspecified atom stereocenters. The van der Waals surface area contributed by atoms with Crippen LogP contribution in [0.4, 0.5) is 0 Å². The zero-order chi connectivity index (χ0) is 18.1. The van der Waals surface area contributed by atoms with E-state index in [-0.39, 0.29) is 22.1 Å². The Morgan fingerprint density at radius 3 is 1.73 bits per heavy atom. The molecule has 0 saturated heterocycles. The zero-order valence-corrected chi connectivity index (χ0v) is 15.2. The van der Waals surface area contributed by atoms with E-state index in [0.29, 0.717) is 11.1 Å². The van der Waals surface area contributed by atoms with Crippen LogP contribution in [0.15, 0.2) is 78.9 Å². The number of Topliss-reactive ketones (excluding diaryl/α,β-unsaturated/α-hetero) is 2. The van der Waals surface area contributed by atoms with Crippen molar-refractivity contribution >= 4 is 23.3 Å². The van der Waals surface area contributed by atoms with Gasteiger partial charge in [-0.25, -0.2) is 0 Å². The maximum Gasteiger partial charge on any atom is 0.180 e. The summed E-state index contributed by atoms with van der Waals surface area (Å²) in [6.07, 6.45) is 0. The summed E-state index contributed by atoms with van der Waals surface area (Å²) in [6, 6.07) is 24.7. The van der Waals surface area contributed by atoms with Gasteiger partial charge in [0.25, 0.3) is 0 Å². The highest BCUT2D eigenvalue weighted by Crippen LogP contribution is 2.53. The standard InChI is InChI=1S/C23H18O2S/c1-15-12-13-18-19(14-15)23(21(25)17-10-6-3-7-11-17)26-22(18)20(24)16-8-4-2-5-9-16/h2-14,22-23H,1H3. The summed E-state index contributed by atoms with van der Waals surface area (Å²) in [4.78, 5) is 26.2. The molecule has 2 nitrogen and oxygen atoms in total. The van der Waals surface area contributed by atoms with Crippen LogP contribution in [0.3, 0.4) is 0 Å². The molecule has 3 aromatic carbocycles. The fourth-order valence-corrected chi connectivity index (χ4v) is 4.86. The summed E-state index contributed by atoms with van der Waals surface area (Å²) >= 11 is 1.45. The average Bonchev–Trinajstić information content (AvgIpc) is 3.06. The third-order valence-electron chi connectivity index (χ3n) is 4.67. The van der Waals surface area contributed by atoms with Gasteiger partial charge in [0.05, 0.1) is 10.5 Å². The smallest absolute Gasteiger partial charge is 0.180 e. The molecule has 1 aliphatic heterocycles. The highest BCUT2D eigenvalue weighted by molar-refractivity contribution is 8.01. The maximum absolute atomic E-state index is 13.1. The van der Waals surface area contributed by atoms with E-state index in [1.807, 2.05) is 85.8 Å². The molecule has 4 rings (SSSR count). The first-order valence-corrected chi connectivity index (χ1v) is 9.54. The van der Waals surface area contributed by atoms with Crippen LogP contribution in [-0.2, 0) is 0 Å². The number of rotatable bonds is 4. The SMILES string of the molecule is Cc1ccc2c(c1)C(C(=O)c1ccccc1)SC2C(=O)c1ccccc1. The molecule has 0 spiro atoms. The molecule has 3 aromatic rings. The van der Waals surface area contributed by atoms with Gasteiger partial charge in [0.1, 0.15) is 0 Å². The zero-order valence-electron chi connectivity index (χ0n) is 14.4. The molecule has 1 aliphatic rings. The number of fused-ring (bicyclic) bond motifs is 1. The minimum atomic E-state index is -0.343. The molecule has 0 aromatic heterocycles. The van der Waals surface area contributed by atoms with Crippen molar-refractivity contribution < 1.29 is 9.59 Å². The van der Waals surface area contributed by atoms with Gasteiger partial charge in [0.15, 0.2) is 11.6 Å². The van der Waals surface area contributed by atoms with Gasteiger partial charge in [-0.3, -0.25) is 9.59 Å². The fourth-order valence-electron chi connectivity index (χ4n) is 3.36. The molecular formula is C23H18O2S. The maximum atomic E-state index is 13.1. The molecule has 128 valence electrons. The highest BCUT2D eigenvalue weighted by Gasteiger charge is 2.40. The second-order valence-electron chi connectivity index (χ2n) is 6.49. The summed E-state index contributed by atoms with van der Waals surface area (Å²) in [6.45, 7) is 2.02. The van der Waals surface area contributed by atoms with Crippen molar-refractivity contribution in [3.05, 3.63) is 107 Å². The lowest BCUT2D eigenvalue weighted by atomic mass is 9.93. The number of carbonyl (C=O) groups excluding carboxylic acids is 2. The van der Waals surface area contributed by atoms with Gasteiger partial charge in [-0.05, 0) is 18.1 Å². The number of carbonyl (C=O) groups is 2. The van der Waals surface area contributed by atoms with Gasteiger partial charge >= 0.3 is 0 Å². The van der Waals surface area contributed by atoms with E-state index in [4.69, 9.17) is 0 Å². The molecule has 3 heteroatoms. The van der Waals surface area contributed by atoms with E-state index in [9.17, 15) is 9.59 Å². The van der Waals surface area contributed by atoms with Crippen molar-refractivity contribution in [2.24, 2.45) is 0 Å².